The summed E-state index contributed by atoms with van der Waals surface area (Å²) in [5, 5.41) is 10.3. The van der Waals surface area contributed by atoms with E-state index in [-0.39, 0.29) is 16.9 Å². The number of hydrogen-bond acceptors (Lipinski definition) is 2. The van der Waals surface area contributed by atoms with Gasteiger partial charge in [0.15, 0.2) is 5.78 Å². The Morgan fingerprint density at radius 2 is 2.00 bits per heavy atom. The molecule has 6 atom stereocenters. The van der Waals surface area contributed by atoms with Crippen LogP contribution in [-0.2, 0) is 4.79 Å². The van der Waals surface area contributed by atoms with Crippen molar-refractivity contribution in [2.75, 3.05) is 0 Å². The predicted octanol–water partition coefficient (Wildman–Crippen LogP) is 4.44. The zero-order chi connectivity index (χ0) is 16.4. The second kappa shape index (κ2) is 5.05. The van der Waals surface area contributed by atoms with Gasteiger partial charge in [-0.2, -0.15) is 0 Å². The Kier molecular flexibility index (Phi) is 3.43. The molecule has 0 unspecified atom stereocenters. The Bertz CT molecular complexity index is 599. The van der Waals surface area contributed by atoms with Crippen molar-refractivity contribution in [2.24, 2.45) is 28.6 Å². The highest BCUT2D eigenvalue weighted by Gasteiger charge is 2.56. The van der Waals surface area contributed by atoms with Crippen molar-refractivity contribution in [1.29, 1.82) is 0 Å². The number of allylic oxidation sites excluding steroid dienone is 4. The van der Waals surface area contributed by atoms with Crippen LogP contribution in [0.15, 0.2) is 23.3 Å². The van der Waals surface area contributed by atoms with E-state index >= 15 is 0 Å². The van der Waals surface area contributed by atoms with E-state index in [1.807, 2.05) is 13.0 Å². The highest BCUT2D eigenvalue weighted by Crippen LogP contribution is 2.64. The summed E-state index contributed by atoms with van der Waals surface area (Å²) in [6.07, 6.45) is 11.8. The average Bonchev–Trinajstić information content (AvgIpc) is 2.85. The lowest BCUT2D eigenvalue weighted by molar-refractivity contribution is -0.115. The van der Waals surface area contributed by atoms with E-state index in [4.69, 9.17) is 0 Å². The molecule has 0 saturated heterocycles. The van der Waals surface area contributed by atoms with Crippen molar-refractivity contribution >= 4 is 5.78 Å². The van der Waals surface area contributed by atoms with Gasteiger partial charge in [-0.05, 0) is 74.7 Å². The molecule has 0 amide bonds. The van der Waals surface area contributed by atoms with Gasteiger partial charge < -0.3 is 5.11 Å². The normalized spacial score (nSPS) is 47.1. The van der Waals surface area contributed by atoms with Crippen LogP contribution in [0.3, 0.4) is 0 Å². The van der Waals surface area contributed by atoms with E-state index in [0.29, 0.717) is 24.0 Å². The minimum atomic E-state index is -0.193. The van der Waals surface area contributed by atoms with Crippen LogP contribution in [0.2, 0.25) is 0 Å². The first-order valence-electron chi connectivity index (χ1n) is 9.49. The molecule has 0 bridgehead atoms. The Morgan fingerprint density at radius 1 is 1.22 bits per heavy atom. The van der Waals surface area contributed by atoms with Crippen LogP contribution in [0.4, 0.5) is 0 Å². The lowest BCUT2D eigenvalue weighted by Gasteiger charge is -2.53. The largest absolute Gasteiger partial charge is 0.393 e. The molecule has 126 valence electrons. The minimum absolute atomic E-state index is 0.140. The first-order chi connectivity index (χ1) is 10.9. The lowest BCUT2D eigenvalue weighted by Crippen LogP contribution is -2.45. The second-order valence-electron chi connectivity index (χ2n) is 9.01. The topological polar surface area (TPSA) is 37.3 Å². The van der Waals surface area contributed by atoms with Crippen LogP contribution in [0.25, 0.3) is 0 Å². The summed E-state index contributed by atoms with van der Waals surface area (Å²) >= 11 is 0. The van der Waals surface area contributed by atoms with Crippen molar-refractivity contribution in [1.82, 2.24) is 0 Å². The van der Waals surface area contributed by atoms with Crippen LogP contribution in [0, 0.1) is 28.6 Å². The van der Waals surface area contributed by atoms with Crippen molar-refractivity contribution < 1.29 is 9.90 Å². The second-order valence-corrected chi connectivity index (χ2v) is 9.01. The van der Waals surface area contributed by atoms with Gasteiger partial charge in [-0.3, -0.25) is 4.79 Å². The number of carbonyl (C=O) groups excluding carboxylic acids is 1. The zero-order valence-corrected chi connectivity index (χ0v) is 14.8. The number of aliphatic hydroxyl groups excluding tert-OH is 1. The van der Waals surface area contributed by atoms with Crippen LogP contribution in [0.5, 0.6) is 0 Å². The van der Waals surface area contributed by atoms with Gasteiger partial charge in [0.1, 0.15) is 0 Å². The van der Waals surface area contributed by atoms with Crippen molar-refractivity contribution in [3.05, 3.63) is 23.3 Å². The van der Waals surface area contributed by atoms with E-state index in [1.54, 1.807) is 5.57 Å². The van der Waals surface area contributed by atoms with E-state index in [2.05, 4.69) is 19.9 Å². The molecule has 4 aliphatic carbocycles. The SMILES string of the molecule is C[C@H](O)[C@@H]1CC[C@@H]2[C@@H]3CCC4=CC(=O)CC[C@@]4(C)C3=CC[C@]21C. The molecular formula is C21H30O2. The summed E-state index contributed by atoms with van der Waals surface area (Å²) in [7, 11) is 0. The maximum atomic E-state index is 11.8. The minimum Gasteiger partial charge on any atom is -0.393 e. The fourth-order valence-corrected chi connectivity index (χ4v) is 6.69. The molecule has 0 aromatic heterocycles. The number of hydrogen-bond donors (Lipinski definition) is 1. The number of carbonyl (C=O) groups is 1. The summed E-state index contributed by atoms with van der Waals surface area (Å²) < 4.78 is 0. The van der Waals surface area contributed by atoms with E-state index < -0.39 is 0 Å². The van der Waals surface area contributed by atoms with Gasteiger partial charge in [-0.25, -0.2) is 0 Å². The Hall–Kier alpha value is -0.890. The third-order valence-corrected chi connectivity index (χ3v) is 7.99. The molecule has 4 aliphatic rings. The fraction of sp³-hybridized carbons (Fsp3) is 0.762. The van der Waals surface area contributed by atoms with E-state index in [9.17, 15) is 9.90 Å². The molecule has 0 aromatic carbocycles. The number of ketones is 1. The first-order valence-corrected chi connectivity index (χ1v) is 9.49. The molecular weight excluding hydrogens is 284 g/mol. The molecule has 0 heterocycles. The van der Waals surface area contributed by atoms with Crippen molar-refractivity contribution in [2.45, 2.75) is 71.8 Å². The third-order valence-electron chi connectivity index (χ3n) is 7.99. The zero-order valence-electron chi connectivity index (χ0n) is 14.8. The average molecular weight is 314 g/mol. The maximum absolute atomic E-state index is 11.8. The monoisotopic (exact) mass is 314 g/mol. The first kappa shape index (κ1) is 15.6. The quantitative estimate of drug-likeness (QED) is 0.727. The summed E-state index contributed by atoms with van der Waals surface area (Å²) in [5.74, 6) is 2.17. The van der Waals surface area contributed by atoms with E-state index in [1.165, 1.54) is 24.8 Å². The van der Waals surface area contributed by atoms with Gasteiger partial charge in [-0.15, -0.1) is 0 Å². The Morgan fingerprint density at radius 3 is 2.74 bits per heavy atom. The third kappa shape index (κ3) is 2.06. The van der Waals surface area contributed by atoms with Crippen molar-refractivity contribution in [3.63, 3.8) is 0 Å². The molecule has 1 N–H and O–H groups in total. The van der Waals surface area contributed by atoms with Crippen LogP contribution >= 0.6 is 0 Å². The molecule has 2 saturated carbocycles. The highest BCUT2D eigenvalue weighted by atomic mass is 16.3. The molecule has 0 aromatic rings. The van der Waals surface area contributed by atoms with Crippen LogP contribution in [-0.4, -0.2) is 17.0 Å². The molecule has 2 fully saturated rings. The predicted molar refractivity (Wildman–Crippen MR) is 91.9 cm³/mol. The summed E-state index contributed by atoms with van der Waals surface area (Å²) in [5.41, 5.74) is 3.44. The number of rotatable bonds is 1. The summed E-state index contributed by atoms with van der Waals surface area (Å²) in [6.45, 7) is 6.79. The van der Waals surface area contributed by atoms with Gasteiger partial charge in [0.2, 0.25) is 0 Å². The molecule has 23 heavy (non-hydrogen) atoms. The standard InChI is InChI=1S/C21H30O2/c1-13(22)17-6-7-18-16-5-4-14-12-15(23)8-10-20(14,2)19(16)9-11-21(17,18)3/h9,12-13,16-18,22H,4-8,10-11H2,1-3H3/t13-,16-,17-,18+,20+,21-/m0/s1. The lowest BCUT2D eigenvalue weighted by atomic mass is 9.51. The highest BCUT2D eigenvalue weighted by molar-refractivity contribution is 5.92. The summed E-state index contributed by atoms with van der Waals surface area (Å²) in [4.78, 5) is 11.8. The van der Waals surface area contributed by atoms with Crippen LogP contribution in [0.1, 0.15) is 65.7 Å². The number of aliphatic hydroxyl groups is 1. The van der Waals surface area contributed by atoms with Crippen LogP contribution < -0.4 is 0 Å². The Labute approximate surface area is 140 Å². The molecule has 0 aliphatic heterocycles. The number of fused-ring (bicyclic) bond motifs is 5. The molecule has 4 rings (SSSR count). The smallest absolute Gasteiger partial charge is 0.155 e. The van der Waals surface area contributed by atoms with Gasteiger partial charge in [-0.1, -0.05) is 31.1 Å². The van der Waals surface area contributed by atoms with Gasteiger partial charge in [0, 0.05) is 11.8 Å². The van der Waals surface area contributed by atoms with E-state index in [0.717, 1.165) is 25.2 Å². The fourth-order valence-electron chi connectivity index (χ4n) is 6.69. The Balaban J connectivity index is 1.73. The van der Waals surface area contributed by atoms with Gasteiger partial charge in [0.25, 0.3) is 0 Å². The molecule has 0 spiro atoms. The summed E-state index contributed by atoms with van der Waals surface area (Å²) in [6, 6.07) is 0. The molecule has 2 heteroatoms. The van der Waals surface area contributed by atoms with Gasteiger partial charge >= 0.3 is 0 Å². The van der Waals surface area contributed by atoms with Gasteiger partial charge in [0.05, 0.1) is 6.10 Å². The van der Waals surface area contributed by atoms with Crippen molar-refractivity contribution in [3.8, 4) is 0 Å². The molecule has 2 nitrogen and oxygen atoms in total. The molecule has 0 radical (unpaired) electrons. The maximum Gasteiger partial charge on any atom is 0.155 e.